The van der Waals surface area contributed by atoms with Crippen molar-refractivity contribution in [1.29, 1.82) is 0 Å². The van der Waals surface area contributed by atoms with E-state index in [1.54, 1.807) is 67.4 Å². The number of benzene rings is 3. The molecule has 0 unspecified atom stereocenters. The Labute approximate surface area is 196 Å². The van der Waals surface area contributed by atoms with Crippen molar-refractivity contribution in [3.63, 3.8) is 0 Å². The van der Waals surface area contributed by atoms with Crippen LogP contribution in [-0.4, -0.2) is 34.7 Å². The van der Waals surface area contributed by atoms with Crippen LogP contribution in [0.5, 0.6) is 5.75 Å². The van der Waals surface area contributed by atoms with Crippen molar-refractivity contribution in [1.82, 2.24) is 9.55 Å². The van der Waals surface area contributed by atoms with Gasteiger partial charge in [0.25, 0.3) is 5.91 Å². The maximum absolute atomic E-state index is 13.0. The summed E-state index contributed by atoms with van der Waals surface area (Å²) in [5.74, 6) is 1.62. The van der Waals surface area contributed by atoms with Gasteiger partial charge in [-0.05, 0) is 42.7 Å². The van der Waals surface area contributed by atoms with Crippen LogP contribution in [0.25, 0.3) is 11.0 Å². The van der Waals surface area contributed by atoms with Gasteiger partial charge in [-0.2, -0.15) is 11.8 Å². The number of ether oxygens (including phenoxy) is 1. The number of nitrogens with zero attached hydrogens (tertiary/aromatic N) is 2. The van der Waals surface area contributed by atoms with Crippen LogP contribution < -0.4 is 15.4 Å². The molecule has 0 saturated heterocycles. The number of imidazole rings is 1. The first kappa shape index (κ1) is 22.4. The molecule has 0 aliphatic heterocycles. The smallest absolute Gasteiger partial charge is 0.257 e. The number of thioether (sulfide) groups is 1. The zero-order valence-corrected chi connectivity index (χ0v) is 19.2. The number of rotatable bonds is 8. The summed E-state index contributed by atoms with van der Waals surface area (Å²) in [6.45, 7) is 0.0994. The van der Waals surface area contributed by atoms with Crippen molar-refractivity contribution in [2.24, 2.45) is 0 Å². The van der Waals surface area contributed by atoms with Crippen molar-refractivity contribution in [3.8, 4) is 5.75 Å². The van der Waals surface area contributed by atoms with Crippen molar-refractivity contribution in [3.05, 3.63) is 84.2 Å². The number of carbonyl (C=O) groups is 2. The van der Waals surface area contributed by atoms with E-state index < -0.39 is 0 Å². The highest BCUT2D eigenvalue weighted by molar-refractivity contribution is 7.97. The van der Waals surface area contributed by atoms with Crippen molar-refractivity contribution in [2.45, 2.75) is 12.3 Å². The number of amides is 2. The van der Waals surface area contributed by atoms with Gasteiger partial charge in [-0.15, -0.1) is 0 Å². The molecule has 7 nitrogen and oxygen atoms in total. The van der Waals surface area contributed by atoms with E-state index in [0.29, 0.717) is 28.4 Å². The van der Waals surface area contributed by atoms with Crippen LogP contribution in [0.4, 0.5) is 11.4 Å². The van der Waals surface area contributed by atoms with Gasteiger partial charge in [0, 0.05) is 11.8 Å². The van der Waals surface area contributed by atoms with E-state index in [4.69, 9.17) is 4.74 Å². The number of fused-ring (bicyclic) bond motifs is 1. The van der Waals surface area contributed by atoms with E-state index >= 15 is 0 Å². The molecule has 0 atom stereocenters. The van der Waals surface area contributed by atoms with Gasteiger partial charge in [0.05, 0.1) is 35.1 Å². The molecular formula is C25H24N4O3S. The molecule has 4 rings (SSSR count). The van der Waals surface area contributed by atoms with Crippen LogP contribution in [0.2, 0.25) is 0 Å². The minimum atomic E-state index is -0.324. The zero-order valence-electron chi connectivity index (χ0n) is 18.4. The molecule has 3 aromatic carbocycles. The average Bonchev–Trinajstić information content (AvgIpc) is 3.16. The normalized spacial score (nSPS) is 10.7. The molecular weight excluding hydrogens is 436 g/mol. The van der Waals surface area contributed by atoms with Gasteiger partial charge in [-0.1, -0.05) is 30.3 Å². The van der Waals surface area contributed by atoms with Crippen LogP contribution in [0.15, 0.2) is 72.8 Å². The highest BCUT2D eigenvalue weighted by Crippen LogP contribution is 2.22. The molecule has 1 aromatic heterocycles. The van der Waals surface area contributed by atoms with Crippen LogP contribution in [0, 0.1) is 0 Å². The summed E-state index contributed by atoms with van der Waals surface area (Å²) in [5.41, 5.74) is 3.17. The Morgan fingerprint density at radius 2 is 1.79 bits per heavy atom. The van der Waals surface area contributed by atoms with Crippen molar-refractivity contribution in [2.75, 3.05) is 24.0 Å². The van der Waals surface area contributed by atoms with E-state index in [1.807, 2.05) is 35.1 Å². The number of para-hydroxylation sites is 3. The minimum Gasteiger partial charge on any atom is -0.497 e. The van der Waals surface area contributed by atoms with Crippen molar-refractivity contribution < 1.29 is 14.3 Å². The Bertz CT molecular complexity index is 1300. The maximum Gasteiger partial charge on any atom is 0.257 e. The fourth-order valence-electron chi connectivity index (χ4n) is 3.56. The van der Waals surface area contributed by atoms with Gasteiger partial charge in [0.15, 0.2) is 0 Å². The topological polar surface area (TPSA) is 85.3 Å². The lowest BCUT2D eigenvalue weighted by Gasteiger charge is -2.13. The van der Waals surface area contributed by atoms with Crippen LogP contribution in [0.3, 0.4) is 0 Å². The Kier molecular flexibility index (Phi) is 6.95. The predicted octanol–water partition coefficient (Wildman–Crippen LogP) is 4.80. The van der Waals surface area contributed by atoms with E-state index in [-0.39, 0.29) is 18.4 Å². The molecule has 1 heterocycles. The maximum atomic E-state index is 13.0. The summed E-state index contributed by atoms with van der Waals surface area (Å²) < 4.78 is 7.13. The molecule has 0 aliphatic carbocycles. The molecule has 8 heteroatoms. The molecule has 168 valence electrons. The second kappa shape index (κ2) is 10.2. The Morgan fingerprint density at radius 1 is 1.00 bits per heavy atom. The van der Waals surface area contributed by atoms with Gasteiger partial charge in [-0.3, -0.25) is 9.59 Å². The summed E-state index contributed by atoms with van der Waals surface area (Å²) in [6.07, 6.45) is 2.00. The number of hydrogen-bond donors (Lipinski definition) is 2. The lowest BCUT2D eigenvalue weighted by atomic mass is 10.1. The molecule has 0 saturated carbocycles. The first-order valence-electron chi connectivity index (χ1n) is 10.4. The lowest BCUT2D eigenvalue weighted by Crippen LogP contribution is -2.22. The Morgan fingerprint density at radius 3 is 2.61 bits per heavy atom. The van der Waals surface area contributed by atoms with E-state index in [1.165, 1.54) is 0 Å². The van der Waals surface area contributed by atoms with Crippen molar-refractivity contribution >= 4 is 46.0 Å². The number of carbonyl (C=O) groups excluding carboxylic acids is 2. The fraction of sp³-hybridized carbons (Fsp3) is 0.160. The summed E-state index contributed by atoms with van der Waals surface area (Å²) >= 11 is 1.65. The van der Waals surface area contributed by atoms with Gasteiger partial charge >= 0.3 is 0 Å². The molecule has 2 amide bonds. The second-order valence-corrected chi connectivity index (χ2v) is 8.18. The third-order valence-corrected chi connectivity index (χ3v) is 5.63. The van der Waals surface area contributed by atoms with E-state index in [9.17, 15) is 9.59 Å². The molecule has 0 aliphatic rings. The number of aromatic nitrogens is 2. The zero-order chi connectivity index (χ0) is 23.2. The number of hydrogen-bond acceptors (Lipinski definition) is 5. The quantitative estimate of drug-likeness (QED) is 0.395. The Hall–Kier alpha value is -3.78. The molecule has 33 heavy (non-hydrogen) atoms. The molecule has 0 radical (unpaired) electrons. The largest absolute Gasteiger partial charge is 0.497 e. The minimum absolute atomic E-state index is 0.0994. The average molecular weight is 461 g/mol. The van der Waals surface area contributed by atoms with Crippen LogP contribution >= 0.6 is 11.8 Å². The molecule has 0 fully saturated rings. The first-order valence-corrected chi connectivity index (χ1v) is 11.8. The number of anilines is 2. The second-order valence-electron chi connectivity index (χ2n) is 7.32. The number of nitrogens with one attached hydrogen (secondary N) is 2. The third-order valence-electron chi connectivity index (χ3n) is 5.08. The molecule has 0 spiro atoms. The summed E-state index contributed by atoms with van der Waals surface area (Å²) in [4.78, 5) is 30.6. The predicted molar refractivity (Wildman–Crippen MR) is 133 cm³/mol. The number of methoxy groups -OCH3 is 1. The SMILES string of the molecule is COc1cccc(NC(=O)c2ccccc2NC(=O)Cn2c(CSC)nc3ccccc32)c1. The summed E-state index contributed by atoms with van der Waals surface area (Å²) in [5, 5.41) is 5.75. The van der Waals surface area contributed by atoms with Crippen LogP contribution in [-0.2, 0) is 17.1 Å². The summed E-state index contributed by atoms with van der Waals surface area (Å²) in [6, 6.07) is 21.8. The highest BCUT2D eigenvalue weighted by Gasteiger charge is 2.17. The fourth-order valence-corrected chi connectivity index (χ4v) is 4.04. The van der Waals surface area contributed by atoms with Crippen LogP contribution in [0.1, 0.15) is 16.2 Å². The molecule has 0 bridgehead atoms. The third kappa shape index (κ3) is 5.18. The van der Waals surface area contributed by atoms with Gasteiger partial charge < -0.3 is 19.9 Å². The molecule has 4 aromatic rings. The summed E-state index contributed by atoms with van der Waals surface area (Å²) in [7, 11) is 1.57. The monoisotopic (exact) mass is 460 g/mol. The van der Waals surface area contributed by atoms with Gasteiger partial charge in [-0.25, -0.2) is 4.98 Å². The van der Waals surface area contributed by atoms with E-state index in [0.717, 1.165) is 16.9 Å². The van der Waals surface area contributed by atoms with Gasteiger partial charge in [0.1, 0.15) is 18.1 Å². The first-order chi connectivity index (χ1) is 16.1. The highest BCUT2D eigenvalue weighted by atomic mass is 32.2. The lowest BCUT2D eigenvalue weighted by molar-refractivity contribution is -0.116. The Balaban J connectivity index is 1.53. The van der Waals surface area contributed by atoms with Gasteiger partial charge in [0.2, 0.25) is 5.91 Å². The van der Waals surface area contributed by atoms with E-state index in [2.05, 4.69) is 15.6 Å². The standard InChI is InChI=1S/C25H24N4O3S/c1-32-18-9-7-8-17(14-18)26-25(31)19-10-3-4-11-20(19)28-24(30)15-29-22-13-6-5-12-21(22)27-23(29)16-33-2/h3-14H,15-16H2,1-2H3,(H,26,31)(H,28,30). The molecule has 2 N–H and O–H groups in total.